The molecule has 0 bridgehead atoms. The second kappa shape index (κ2) is 5.24. The van der Waals surface area contributed by atoms with Crippen molar-refractivity contribution < 1.29 is 27.4 Å². The first-order chi connectivity index (χ1) is 7.91. The Kier molecular flexibility index (Phi) is 4.19. The van der Waals surface area contributed by atoms with Gasteiger partial charge in [0.1, 0.15) is 0 Å². The van der Waals surface area contributed by atoms with E-state index >= 15 is 0 Å². The molecule has 0 N–H and O–H groups in total. The Balaban J connectivity index is 3.18. The van der Waals surface area contributed by atoms with Gasteiger partial charge in [-0.25, -0.2) is 0 Å². The molecule has 1 rings (SSSR count). The van der Waals surface area contributed by atoms with Gasteiger partial charge < -0.3 is 9.47 Å². The summed E-state index contributed by atoms with van der Waals surface area (Å²) in [5.74, 6) is -0.921. The number of ketones is 1. The lowest BCUT2D eigenvalue weighted by Gasteiger charge is -2.15. The summed E-state index contributed by atoms with van der Waals surface area (Å²) in [5, 5.41) is 0. The van der Waals surface area contributed by atoms with Crippen LogP contribution in [-0.2, 0) is 15.7 Å². The van der Waals surface area contributed by atoms with Crippen LogP contribution in [0, 0.1) is 0 Å². The summed E-state index contributed by atoms with van der Waals surface area (Å²) in [4.78, 5) is 15.2. The van der Waals surface area contributed by atoms with Crippen molar-refractivity contribution in [1.82, 2.24) is 4.98 Å². The summed E-state index contributed by atoms with van der Waals surface area (Å²) < 4.78 is 47.1. The van der Waals surface area contributed by atoms with E-state index < -0.39 is 29.4 Å². The van der Waals surface area contributed by atoms with Crippen LogP contribution in [0.15, 0.2) is 18.5 Å². The molecule has 0 saturated heterocycles. The van der Waals surface area contributed by atoms with Gasteiger partial charge in [0.25, 0.3) is 0 Å². The van der Waals surface area contributed by atoms with E-state index in [0.29, 0.717) is 0 Å². The van der Waals surface area contributed by atoms with E-state index in [0.717, 1.165) is 32.7 Å². The molecule has 1 heterocycles. The number of rotatable bonds is 4. The number of hydrogen-bond acceptors (Lipinski definition) is 4. The van der Waals surface area contributed by atoms with Crippen molar-refractivity contribution >= 4 is 5.78 Å². The summed E-state index contributed by atoms with van der Waals surface area (Å²) in [6.45, 7) is 0. The zero-order chi connectivity index (χ0) is 13.1. The van der Waals surface area contributed by atoms with Crippen molar-refractivity contribution in [2.24, 2.45) is 0 Å². The van der Waals surface area contributed by atoms with Gasteiger partial charge in [-0.2, -0.15) is 13.2 Å². The quantitative estimate of drug-likeness (QED) is 0.604. The van der Waals surface area contributed by atoms with Gasteiger partial charge in [-0.15, -0.1) is 0 Å². The predicted octanol–water partition coefficient (Wildman–Crippen LogP) is 1.90. The van der Waals surface area contributed by atoms with Gasteiger partial charge in [-0.3, -0.25) is 9.78 Å². The van der Waals surface area contributed by atoms with Crippen LogP contribution in [-0.4, -0.2) is 31.3 Å². The summed E-state index contributed by atoms with van der Waals surface area (Å²) in [7, 11) is 2.32. The minimum atomic E-state index is -4.63. The molecule has 0 amide bonds. The van der Waals surface area contributed by atoms with Crippen LogP contribution in [0.4, 0.5) is 13.2 Å². The fourth-order valence-electron chi connectivity index (χ4n) is 1.28. The average Bonchev–Trinajstić information content (AvgIpc) is 2.29. The predicted molar refractivity (Wildman–Crippen MR) is 51.4 cm³/mol. The SMILES string of the molecule is COC(OC)C(=O)c1cnccc1C(F)(F)F. The third kappa shape index (κ3) is 3.01. The van der Waals surface area contributed by atoms with Crippen LogP contribution in [0.25, 0.3) is 0 Å². The molecule has 7 heteroatoms. The van der Waals surface area contributed by atoms with Gasteiger partial charge in [0.05, 0.1) is 11.1 Å². The largest absolute Gasteiger partial charge is 0.417 e. The van der Waals surface area contributed by atoms with Crippen LogP contribution < -0.4 is 0 Å². The standard InChI is InChI=1S/C10H10F3NO3/c1-16-9(17-2)8(15)6-5-14-4-3-7(6)10(11,12)13/h3-5,9H,1-2H3. The highest BCUT2D eigenvalue weighted by Gasteiger charge is 2.36. The van der Waals surface area contributed by atoms with Crippen LogP contribution in [0.5, 0.6) is 0 Å². The number of nitrogens with zero attached hydrogens (tertiary/aromatic N) is 1. The third-order valence-corrected chi connectivity index (χ3v) is 2.03. The van der Waals surface area contributed by atoms with E-state index in [1.54, 1.807) is 0 Å². The first-order valence-corrected chi connectivity index (χ1v) is 4.52. The zero-order valence-electron chi connectivity index (χ0n) is 9.12. The van der Waals surface area contributed by atoms with E-state index in [4.69, 9.17) is 0 Å². The molecule has 0 aliphatic rings. The van der Waals surface area contributed by atoms with Crippen molar-refractivity contribution in [2.75, 3.05) is 14.2 Å². The topological polar surface area (TPSA) is 48.4 Å². The van der Waals surface area contributed by atoms with Crippen LogP contribution in [0.3, 0.4) is 0 Å². The Morgan fingerprint density at radius 2 is 1.94 bits per heavy atom. The Labute approximate surface area is 95.4 Å². The molecule has 0 unspecified atom stereocenters. The summed E-state index contributed by atoms with van der Waals surface area (Å²) in [5.41, 5.74) is -1.63. The summed E-state index contributed by atoms with van der Waals surface area (Å²) >= 11 is 0. The molecule has 0 spiro atoms. The van der Waals surface area contributed by atoms with E-state index in [2.05, 4.69) is 14.5 Å². The Bertz CT molecular complexity index is 402. The Hall–Kier alpha value is -1.47. The monoisotopic (exact) mass is 249 g/mol. The number of pyridine rings is 1. The first-order valence-electron chi connectivity index (χ1n) is 4.52. The lowest BCUT2D eigenvalue weighted by Crippen LogP contribution is -2.27. The number of hydrogen-bond donors (Lipinski definition) is 0. The number of carbonyl (C=O) groups excluding carboxylic acids is 1. The molecule has 17 heavy (non-hydrogen) atoms. The van der Waals surface area contributed by atoms with Crippen molar-refractivity contribution in [3.05, 3.63) is 29.6 Å². The number of carbonyl (C=O) groups is 1. The number of methoxy groups -OCH3 is 2. The minimum Gasteiger partial charge on any atom is -0.349 e. The van der Waals surface area contributed by atoms with E-state index in [9.17, 15) is 18.0 Å². The van der Waals surface area contributed by atoms with Crippen molar-refractivity contribution in [2.45, 2.75) is 12.5 Å². The number of aromatic nitrogens is 1. The smallest absolute Gasteiger partial charge is 0.349 e. The molecular weight excluding hydrogens is 239 g/mol. The average molecular weight is 249 g/mol. The summed E-state index contributed by atoms with van der Waals surface area (Å²) in [6, 6.07) is 0.732. The van der Waals surface area contributed by atoms with Crippen LogP contribution >= 0.6 is 0 Å². The molecule has 1 aromatic heterocycles. The molecule has 0 atom stereocenters. The molecule has 0 fully saturated rings. The van der Waals surface area contributed by atoms with Crippen LogP contribution in [0.2, 0.25) is 0 Å². The maximum absolute atomic E-state index is 12.6. The Morgan fingerprint density at radius 3 is 2.41 bits per heavy atom. The summed E-state index contributed by atoms with van der Waals surface area (Å²) in [6.07, 6.45) is -4.19. The second-order valence-corrected chi connectivity index (χ2v) is 3.09. The lowest BCUT2D eigenvalue weighted by molar-refractivity contribution is -0.138. The minimum absolute atomic E-state index is 0.575. The fourth-order valence-corrected chi connectivity index (χ4v) is 1.28. The zero-order valence-corrected chi connectivity index (χ0v) is 9.12. The molecule has 0 aliphatic carbocycles. The van der Waals surface area contributed by atoms with E-state index in [1.807, 2.05) is 0 Å². The van der Waals surface area contributed by atoms with Gasteiger partial charge in [0, 0.05) is 26.6 Å². The fraction of sp³-hybridized carbons (Fsp3) is 0.400. The first kappa shape index (κ1) is 13.6. The lowest BCUT2D eigenvalue weighted by atomic mass is 10.1. The molecule has 0 aromatic carbocycles. The van der Waals surface area contributed by atoms with Crippen LogP contribution in [0.1, 0.15) is 15.9 Å². The number of Topliss-reactive ketones (excluding diaryl/α,β-unsaturated/α-hetero) is 1. The Morgan fingerprint density at radius 1 is 1.35 bits per heavy atom. The number of alkyl halides is 3. The second-order valence-electron chi connectivity index (χ2n) is 3.09. The van der Waals surface area contributed by atoms with Crippen molar-refractivity contribution in [1.29, 1.82) is 0 Å². The van der Waals surface area contributed by atoms with Gasteiger partial charge >= 0.3 is 6.18 Å². The highest BCUT2D eigenvalue weighted by Crippen LogP contribution is 2.32. The third-order valence-electron chi connectivity index (χ3n) is 2.03. The maximum atomic E-state index is 12.6. The van der Waals surface area contributed by atoms with E-state index in [1.165, 1.54) is 0 Å². The van der Waals surface area contributed by atoms with Gasteiger partial charge in [0.15, 0.2) is 0 Å². The van der Waals surface area contributed by atoms with Crippen molar-refractivity contribution in [3.63, 3.8) is 0 Å². The van der Waals surface area contributed by atoms with Gasteiger partial charge in [0.2, 0.25) is 12.1 Å². The van der Waals surface area contributed by atoms with Gasteiger partial charge in [-0.1, -0.05) is 0 Å². The van der Waals surface area contributed by atoms with Gasteiger partial charge in [-0.05, 0) is 6.07 Å². The molecule has 0 aliphatic heterocycles. The molecule has 4 nitrogen and oxygen atoms in total. The molecule has 0 radical (unpaired) electrons. The number of ether oxygens (including phenoxy) is 2. The molecular formula is C10H10F3NO3. The molecule has 94 valence electrons. The highest BCUT2D eigenvalue weighted by molar-refractivity contribution is 5.99. The highest BCUT2D eigenvalue weighted by atomic mass is 19.4. The molecule has 1 aromatic rings. The normalized spacial score (nSPS) is 11.9. The maximum Gasteiger partial charge on any atom is 0.417 e. The molecule has 0 saturated carbocycles. The van der Waals surface area contributed by atoms with E-state index in [-0.39, 0.29) is 0 Å². The number of halogens is 3. The van der Waals surface area contributed by atoms with Crippen molar-refractivity contribution in [3.8, 4) is 0 Å².